The number of hydrogen-bond donors (Lipinski definition) is 0. The molecule has 9 rings (SSSR count). The fraction of sp³-hybridized carbons (Fsp3) is 0.433. The lowest BCUT2D eigenvalue weighted by Crippen LogP contribution is -2.68. The van der Waals surface area contributed by atoms with E-state index < -0.39 is 0 Å². The summed E-state index contributed by atoms with van der Waals surface area (Å²) in [6.45, 7) is 9.47. The molecule has 0 aromatic carbocycles. The van der Waals surface area contributed by atoms with E-state index in [1.807, 2.05) is 23.1 Å². The molecule has 0 amide bonds. The van der Waals surface area contributed by atoms with Crippen molar-refractivity contribution in [1.29, 1.82) is 0 Å². The Morgan fingerprint density at radius 2 is 1.77 bits per heavy atom. The van der Waals surface area contributed by atoms with E-state index in [1.54, 1.807) is 0 Å². The maximum atomic E-state index is 5.52. The first-order valence-corrected chi connectivity index (χ1v) is 14.2. The van der Waals surface area contributed by atoms with Gasteiger partial charge in [-0.25, -0.2) is 14.5 Å². The van der Waals surface area contributed by atoms with Crippen molar-refractivity contribution in [2.24, 2.45) is 0 Å². The standard InChI is InChI=1S/C30H34N8O2/c1-20-12-33-38-18-23(35-7-5-34(2)6-8-35)11-26(29(20)38)22-3-4-28(31-14-22)36-16-24-10-25(17-36)37(24)15-21-9-27-30(32-13-21)40-19-39-27/h3-4,9,11-14,18,24-25H,5-8,10,15-17,19H2,1-2H3. The Hall–Kier alpha value is -3.89. The fourth-order valence-electron chi connectivity index (χ4n) is 6.71. The van der Waals surface area contributed by atoms with Gasteiger partial charge in [0.1, 0.15) is 5.82 Å². The normalized spacial score (nSPS) is 22.6. The summed E-state index contributed by atoms with van der Waals surface area (Å²) in [4.78, 5) is 19.3. The molecule has 0 N–H and O–H groups in total. The van der Waals surface area contributed by atoms with Crippen LogP contribution in [0.4, 0.5) is 11.5 Å². The van der Waals surface area contributed by atoms with Crippen LogP contribution in [0.3, 0.4) is 0 Å². The maximum absolute atomic E-state index is 5.52. The zero-order valence-corrected chi connectivity index (χ0v) is 23.0. The molecule has 0 radical (unpaired) electrons. The molecule has 10 heteroatoms. The van der Waals surface area contributed by atoms with Crippen LogP contribution < -0.4 is 19.3 Å². The molecule has 0 aliphatic carbocycles. The van der Waals surface area contributed by atoms with Crippen molar-refractivity contribution in [2.45, 2.75) is 32.0 Å². The average molecular weight is 539 g/mol. The average Bonchev–Trinajstić information content (AvgIpc) is 3.62. The van der Waals surface area contributed by atoms with Crippen LogP contribution in [0.25, 0.3) is 16.6 Å². The van der Waals surface area contributed by atoms with E-state index in [1.165, 1.54) is 28.8 Å². The number of likely N-dealkylation sites (N-methyl/N-ethyl adjacent to an activating group) is 1. The SMILES string of the molecule is Cc1cnn2cc(N3CCN(C)CC3)cc(-c3ccc(N4CC5CC(C4)N5Cc4cnc5c(c4)OCO5)nc3)c12. The van der Waals surface area contributed by atoms with Gasteiger partial charge < -0.3 is 24.2 Å². The van der Waals surface area contributed by atoms with E-state index in [4.69, 9.17) is 14.5 Å². The van der Waals surface area contributed by atoms with Gasteiger partial charge in [-0.3, -0.25) is 4.90 Å². The van der Waals surface area contributed by atoms with Crippen LogP contribution in [-0.4, -0.2) is 94.6 Å². The van der Waals surface area contributed by atoms with Crippen LogP contribution in [0.15, 0.2) is 49.1 Å². The second kappa shape index (κ2) is 9.35. The minimum atomic E-state index is 0.260. The Balaban J connectivity index is 0.999. The van der Waals surface area contributed by atoms with E-state index in [9.17, 15) is 0 Å². The number of aryl methyl sites for hydroxylation is 1. The molecule has 4 saturated heterocycles. The lowest BCUT2D eigenvalue weighted by molar-refractivity contribution is -0.00878. The number of fused-ring (bicyclic) bond motifs is 4. The minimum absolute atomic E-state index is 0.260. The largest absolute Gasteiger partial charge is 0.452 e. The van der Waals surface area contributed by atoms with Crippen molar-refractivity contribution >= 4 is 17.0 Å². The van der Waals surface area contributed by atoms with Gasteiger partial charge in [0, 0.05) is 81.4 Å². The fourth-order valence-corrected chi connectivity index (χ4v) is 6.71. The molecule has 9 heterocycles. The van der Waals surface area contributed by atoms with Crippen LogP contribution in [-0.2, 0) is 6.54 Å². The smallest absolute Gasteiger partial charge is 0.260 e. The topological polar surface area (TPSA) is 74.5 Å². The minimum Gasteiger partial charge on any atom is -0.452 e. The van der Waals surface area contributed by atoms with Crippen molar-refractivity contribution in [1.82, 2.24) is 29.4 Å². The summed E-state index contributed by atoms with van der Waals surface area (Å²) in [6, 6.07) is 9.87. The Kier molecular flexibility index (Phi) is 5.60. The predicted molar refractivity (Wildman–Crippen MR) is 153 cm³/mol. The van der Waals surface area contributed by atoms with E-state index in [2.05, 4.69) is 74.1 Å². The molecule has 4 fully saturated rings. The summed E-state index contributed by atoms with van der Waals surface area (Å²) in [5, 5.41) is 4.66. The number of nitrogens with zero attached hydrogens (tertiary/aromatic N) is 8. The highest BCUT2D eigenvalue weighted by atomic mass is 16.7. The first kappa shape index (κ1) is 24.0. The predicted octanol–water partition coefficient (Wildman–Crippen LogP) is 3.04. The monoisotopic (exact) mass is 538 g/mol. The molecule has 206 valence electrons. The Morgan fingerprint density at radius 3 is 2.58 bits per heavy atom. The van der Waals surface area contributed by atoms with Crippen LogP contribution >= 0.6 is 0 Å². The number of anilines is 2. The molecule has 2 atom stereocenters. The van der Waals surface area contributed by atoms with Crippen LogP contribution in [0.2, 0.25) is 0 Å². The molecule has 4 aromatic heterocycles. The molecular formula is C30H34N8O2. The Labute approximate surface area is 233 Å². The van der Waals surface area contributed by atoms with Crippen LogP contribution in [0.5, 0.6) is 11.6 Å². The number of piperidine rings is 1. The van der Waals surface area contributed by atoms with Gasteiger partial charge in [0.25, 0.3) is 5.88 Å². The summed E-state index contributed by atoms with van der Waals surface area (Å²) in [5.74, 6) is 2.41. The first-order chi connectivity index (χ1) is 19.6. The van der Waals surface area contributed by atoms with Gasteiger partial charge >= 0.3 is 0 Å². The van der Waals surface area contributed by atoms with Crippen molar-refractivity contribution in [3.05, 3.63) is 60.2 Å². The van der Waals surface area contributed by atoms with Crippen molar-refractivity contribution in [3.63, 3.8) is 0 Å². The summed E-state index contributed by atoms with van der Waals surface area (Å²) >= 11 is 0. The van der Waals surface area contributed by atoms with Gasteiger partial charge in [-0.15, -0.1) is 0 Å². The second-order valence-electron chi connectivity index (χ2n) is 11.6. The zero-order chi connectivity index (χ0) is 26.8. The molecule has 0 spiro atoms. The quantitative estimate of drug-likeness (QED) is 0.381. The molecule has 5 aliphatic rings. The number of ether oxygens (including phenoxy) is 2. The van der Waals surface area contributed by atoms with Gasteiger partial charge in [-0.2, -0.15) is 5.10 Å². The molecule has 2 unspecified atom stereocenters. The summed E-state index contributed by atoms with van der Waals surface area (Å²) in [5.41, 5.74) is 7.05. The Bertz CT molecular complexity index is 1550. The van der Waals surface area contributed by atoms with Crippen molar-refractivity contribution < 1.29 is 9.47 Å². The van der Waals surface area contributed by atoms with Gasteiger partial charge in [-0.1, -0.05) is 0 Å². The third-order valence-corrected chi connectivity index (χ3v) is 9.03. The zero-order valence-electron chi connectivity index (χ0n) is 23.0. The molecule has 4 aromatic rings. The van der Waals surface area contributed by atoms with E-state index in [0.29, 0.717) is 18.0 Å². The number of piperazine rings is 2. The molecule has 5 aliphatic heterocycles. The van der Waals surface area contributed by atoms with Gasteiger partial charge in [-0.05, 0) is 55.8 Å². The number of aromatic nitrogens is 4. The van der Waals surface area contributed by atoms with Gasteiger partial charge in [0.05, 0.1) is 23.6 Å². The summed E-state index contributed by atoms with van der Waals surface area (Å²) in [6.07, 6.45) is 9.33. The Morgan fingerprint density at radius 1 is 0.925 bits per heavy atom. The lowest BCUT2D eigenvalue weighted by atomic mass is 9.87. The van der Waals surface area contributed by atoms with E-state index >= 15 is 0 Å². The second-order valence-corrected chi connectivity index (χ2v) is 11.6. The molecule has 2 bridgehead atoms. The van der Waals surface area contributed by atoms with E-state index in [-0.39, 0.29) is 6.79 Å². The van der Waals surface area contributed by atoms with Crippen molar-refractivity contribution in [2.75, 3.05) is 62.9 Å². The highest BCUT2D eigenvalue weighted by Gasteiger charge is 2.44. The van der Waals surface area contributed by atoms with Crippen molar-refractivity contribution in [3.8, 4) is 22.8 Å². The molecular weight excluding hydrogens is 504 g/mol. The highest BCUT2D eigenvalue weighted by Crippen LogP contribution is 2.38. The summed E-state index contributed by atoms with van der Waals surface area (Å²) in [7, 11) is 2.19. The van der Waals surface area contributed by atoms with E-state index in [0.717, 1.165) is 68.5 Å². The van der Waals surface area contributed by atoms with Gasteiger partial charge in [0.15, 0.2) is 5.75 Å². The van der Waals surface area contributed by atoms with Crippen LogP contribution in [0.1, 0.15) is 17.5 Å². The maximum Gasteiger partial charge on any atom is 0.260 e. The molecule has 10 nitrogen and oxygen atoms in total. The highest BCUT2D eigenvalue weighted by molar-refractivity contribution is 5.85. The molecule has 0 saturated carbocycles. The third-order valence-electron chi connectivity index (χ3n) is 9.03. The number of hydrogen-bond acceptors (Lipinski definition) is 9. The lowest BCUT2D eigenvalue weighted by Gasteiger charge is -2.56. The summed E-state index contributed by atoms with van der Waals surface area (Å²) < 4.78 is 12.9. The first-order valence-electron chi connectivity index (χ1n) is 14.2. The molecule has 40 heavy (non-hydrogen) atoms. The van der Waals surface area contributed by atoms with Gasteiger partial charge in [0.2, 0.25) is 6.79 Å². The number of pyridine rings is 3. The third kappa shape index (κ3) is 4.05. The number of rotatable bonds is 5. The van der Waals surface area contributed by atoms with Crippen LogP contribution in [0, 0.1) is 6.92 Å².